The molecule has 0 aliphatic carbocycles. The number of hydrogen-bond acceptors (Lipinski definition) is 4. The van der Waals surface area contributed by atoms with Gasteiger partial charge in [0.1, 0.15) is 6.10 Å². The van der Waals surface area contributed by atoms with E-state index in [9.17, 15) is 9.59 Å². The lowest BCUT2D eigenvalue weighted by atomic mass is 9.91. The Morgan fingerprint density at radius 3 is 2.63 bits per heavy atom. The molecule has 0 spiro atoms. The number of likely N-dealkylation sites (tertiary alicyclic amines) is 1. The predicted molar refractivity (Wildman–Crippen MR) is 115 cm³/mol. The minimum absolute atomic E-state index is 0.102. The summed E-state index contributed by atoms with van der Waals surface area (Å²) in [6.45, 7) is 2.13. The van der Waals surface area contributed by atoms with Crippen LogP contribution in [0.2, 0.25) is 0 Å². The van der Waals surface area contributed by atoms with Crippen LogP contribution in [-0.4, -0.2) is 53.5 Å². The molecular weight excluding hydrogens is 378 g/mol. The van der Waals surface area contributed by atoms with E-state index in [4.69, 9.17) is 4.74 Å². The van der Waals surface area contributed by atoms with Crippen molar-refractivity contribution in [2.45, 2.75) is 31.5 Å². The Labute approximate surface area is 176 Å². The van der Waals surface area contributed by atoms with Crippen LogP contribution in [0.4, 0.5) is 0 Å². The monoisotopic (exact) mass is 405 g/mol. The molecule has 6 heteroatoms. The summed E-state index contributed by atoms with van der Waals surface area (Å²) in [5.74, 6) is 0.568. The molecule has 3 heterocycles. The van der Waals surface area contributed by atoms with Crippen molar-refractivity contribution in [1.29, 1.82) is 0 Å². The highest BCUT2D eigenvalue weighted by Crippen LogP contribution is 2.32. The van der Waals surface area contributed by atoms with Crippen molar-refractivity contribution < 1.29 is 14.3 Å². The fourth-order valence-electron chi connectivity index (χ4n) is 3.94. The molecule has 2 aliphatic rings. The van der Waals surface area contributed by atoms with Crippen LogP contribution in [-0.2, 0) is 9.53 Å². The molecule has 1 aromatic heterocycles. The number of nitrogens with zero attached hydrogens (tertiary/aromatic N) is 2. The molecule has 2 unspecified atom stereocenters. The Hall–Kier alpha value is -2.99. The number of nitrogens with one attached hydrogen (secondary N) is 1. The van der Waals surface area contributed by atoms with E-state index in [0.717, 1.165) is 43.5 Å². The second-order valence-corrected chi connectivity index (χ2v) is 7.92. The Morgan fingerprint density at radius 2 is 1.90 bits per heavy atom. The number of amides is 2. The first-order valence-electron chi connectivity index (χ1n) is 10.5. The summed E-state index contributed by atoms with van der Waals surface area (Å²) in [5.41, 5.74) is 1.65. The molecule has 6 nitrogen and oxygen atoms in total. The average Bonchev–Trinajstić information content (AvgIpc) is 3.55. The van der Waals surface area contributed by atoms with Gasteiger partial charge in [-0.05, 0) is 55.0 Å². The molecular formula is C24H27N3O3. The molecule has 30 heavy (non-hydrogen) atoms. The van der Waals surface area contributed by atoms with Crippen LogP contribution in [0.3, 0.4) is 0 Å². The van der Waals surface area contributed by atoms with Crippen LogP contribution in [0.5, 0.6) is 0 Å². The third-order valence-electron chi connectivity index (χ3n) is 5.76. The van der Waals surface area contributed by atoms with Gasteiger partial charge in [0.15, 0.2) is 0 Å². The molecule has 1 aromatic carbocycles. The first-order chi connectivity index (χ1) is 14.7. The van der Waals surface area contributed by atoms with Gasteiger partial charge in [0.25, 0.3) is 5.91 Å². The van der Waals surface area contributed by atoms with E-state index in [1.165, 1.54) is 6.08 Å². The summed E-state index contributed by atoms with van der Waals surface area (Å²) in [4.78, 5) is 30.5. The normalized spacial score (nSPS) is 21.5. The third-order valence-corrected chi connectivity index (χ3v) is 5.76. The Balaban J connectivity index is 1.13. The fourth-order valence-corrected chi connectivity index (χ4v) is 3.94. The van der Waals surface area contributed by atoms with Gasteiger partial charge in [-0.15, -0.1) is 0 Å². The number of carbonyl (C=O) groups is 2. The average molecular weight is 405 g/mol. The fraction of sp³-hybridized carbons (Fsp3) is 0.375. The number of ether oxygens (including phenoxy) is 1. The van der Waals surface area contributed by atoms with E-state index in [-0.39, 0.29) is 24.0 Å². The Bertz CT molecular complexity index is 877. The number of aromatic nitrogens is 1. The summed E-state index contributed by atoms with van der Waals surface area (Å²) < 4.78 is 5.75. The number of piperidine rings is 1. The standard InChI is InChI=1S/C24H27N3O3/c28-23(9-8-19-5-4-12-25-16-19)26-17-22-21(30-22)15-18-10-13-27(14-11-18)24(29)20-6-2-1-3-7-20/h1-9,12,16,18,21-22H,10-11,13-15,17H2,(H,26,28)/b9-8+. The second kappa shape index (κ2) is 9.67. The van der Waals surface area contributed by atoms with Crippen molar-refractivity contribution in [3.63, 3.8) is 0 Å². The van der Waals surface area contributed by atoms with Crippen LogP contribution in [0, 0.1) is 5.92 Å². The molecule has 2 aromatic rings. The lowest BCUT2D eigenvalue weighted by Gasteiger charge is -2.32. The van der Waals surface area contributed by atoms with Crippen LogP contribution in [0.15, 0.2) is 60.9 Å². The van der Waals surface area contributed by atoms with Crippen LogP contribution in [0.1, 0.15) is 35.2 Å². The van der Waals surface area contributed by atoms with Gasteiger partial charge >= 0.3 is 0 Å². The number of rotatable bonds is 7. The van der Waals surface area contributed by atoms with Gasteiger partial charge in [0.2, 0.25) is 5.91 Å². The van der Waals surface area contributed by atoms with E-state index >= 15 is 0 Å². The highest BCUT2D eigenvalue weighted by atomic mass is 16.6. The van der Waals surface area contributed by atoms with Gasteiger partial charge < -0.3 is 15.0 Å². The lowest BCUT2D eigenvalue weighted by Crippen LogP contribution is -2.38. The highest BCUT2D eigenvalue weighted by molar-refractivity contribution is 5.94. The Morgan fingerprint density at radius 1 is 1.10 bits per heavy atom. The van der Waals surface area contributed by atoms with Crippen LogP contribution in [0.25, 0.3) is 6.08 Å². The van der Waals surface area contributed by atoms with Crippen LogP contribution < -0.4 is 5.32 Å². The number of hydrogen-bond donors (Lipinski definition) is 1. The highest BCUT2D eigenvalue weighted by Gasteiger charge is 2.40. The summed E-state index contributed by atoms with van der Waals surface area (Å²) in [6.07, 6.45) is 10.0. The second-order valence-electron chi connectivity index (χ2n) is 7.92. The topological polar surface area (TPSA) is 74.8 Å². The molecule has 2 saturated heterocycles. The van der Waals surface area contributed by atoms with Crippen LogP contribution >= 0.6 is 0 Å². The summed E-state index contributed by atoms with van der Waals surface area (Å²) in [6, 6.07) is 13.2. The zero-order valence-corrected chi connectivity index (χ0v) is 16.9. The number of epoxide rings is 1. The predicted octanol–water partition coefficient (Wildman–Crippen LogP) is 2.92. The third kappa shape index (κ3) is 5.54. The zero-order valence-electron chi connectivity index (χ0n) is 16.9. The largest absolute Gasteiger partial charge is 0.368 e. The maximum atomic E-state index is 12.5. The van der Waals surface area contributed by atoms with E-state index < -0.39 is 0 Å². The molecule has 4 rings (SSSR count). The number of benzene rings is 1. The molecule has 2 amide bonds. The first kappa shape index (κ1) is 20.3. The van der Waals surface area contributed by atoms with Gasteiger partial charge in [-0.3, -0.25) is 14.6 Å². The summed E-state index contributed by atoms with van der Waals surface area (Å²) in [5, 5.41) is 2.90. The molecule has 0 saturated carbocycles. The van der Waals surface area contributed by atoms with Gasteiger partial charge in [-0.2, -0.15) is 0 Å². The maximum Gasteiger partial charge on any atom is 0.253 e. The summed E-state index contributed by atoms with van der Waals surface area (Å²) >= 11 is 0. The van der Waals surface area contributed by atoms with Crippen molar-refractivity contribution in [2.24, 2.45) is 5.92 Å². The molecule has 2 aliphatic heterocycles. The first-order valence-corrected chi connectivity index (χ1v) is 10.5. The Kier molecular flexibility index (Phi) is 6.54. The minimum Gasteiger partial charge on any atom is -0.368 e. The van der Waals surface area contributed by atoms with Crippen molar-refractivity contribution >= 4 is 17.9 Å². The van der Waals surface area contributed by atoms with Crippen molar-refractivity contribution in [1.82, 2.24) is 15.2 Å². The van der Waals surface area contributed by atoms with E-state index in [1.54, 1.807) is 18.5 Å². The number of pyridine rings is 1. The van der Waals surface area contributed by atoms with Gasteiger partial charge in [0.05, 0.1) is 6.10 Å². The zero-order chi connectivity index (χ0) is 20.8. The molecule has 156 valence electrons. The van der Waals surface area contributed by atoms with E-state index in [1.807, 2.05) is 47.4 Å². The molecule has 1 N–H and O–H groups in total. The van der Waals surface area contributed by atoms with Crippen molar-refractivity contribution in [3.8, 4) is 0 Å². The molecule has 2 fully saturated rings. The molecule has 2 atom stereocenters. The summed E-state index contributed by atoms with van der Waals surface area (Å²) in [7, 11) is 0. The van der Waals surface area contributed by atoms with Crippen molar-refractivity contribution in [2.75, 3.05) is 19.6 Å². The van der Waals surface area contributed by atoms with Crippen molar-refractivity contribution in [3.05, 3.63) is 72.1 Å². The van der Waals surface area contributed by atoms with Gasteiger partial charge in [-0.25, -0.2) is 0 Å². The molecule has 0 bridgehead atoms. The van der Waals surface area contributed by atoms with E-state index in [2.05, 4.69) is 10.3 Å². The van der Waals surface area contributed by atoms with Gasteiger partial charge in [0, 0.05) is 43.7 Å². The smallest absolute Gasteiger partial charge is 0.253 e. The SMILES string of the molecule is O=C(/C=C/c1cccnc1)NCC1OC1CC1CCN(C(=O)c2ccccc2)CC1. The quantitative estimate of drug-likeness (QED) is 0.568. The minimum atomic E-state index is -0.124. The van der Waals surface area contributed by atoms with Gasteiger partial charge in [-0.1, -0.05) is 24.3 Å². The lowest BCUT2D eigenvalue weighted by molar-refractivity contribution is -0.116. The van der Waals surface area contributed by atoms with E-state index in [0.29, 0.717) is 12.5 Å². The maximum absolute atomic E-state index is 12.5. The molecule has 0 radical (unpaired) electrons. The number of carbonyl (C=O) groups excluding carboxylic acids is 2.